The van der Waals surface area contributed by atoms with E-state index in [-0.39, 0.29) is 16.9 Å². The van der Waals surface area contributed by atoms with E-state index in [9.17, 15) is 17.2 Å². The lowest BCUT2D eigenvalue weighted by molar-refractivity contribution is -0.0498. The largest absolute Gasteiger partial charge is 0.435 e. The molecule has 0 atom stereocenters. The minimum atomic E-state index is -3.00. The molecule has 0 spiro atoms. The molecule has 6 nitrogen and oxygen atoms in total. The molecule has 0 saturated carbocycles. The van der Waals surface area contributed by atoms with Gasteiger partial charge < -0.3 is 15.0 Å². The minimum Gasteiger partial charge on any atom is -0.435 e. The normalized spacial score (nSPS) is 13.0. The number of nitrogens with zero attached hydrogens (tertiary/aromatic N) is 2. The van der Waals surface area contributed by atoms with Gasteiger partial charge in [-0.05, 0) is 29.5 Å². The van der Waals surface area contributed by atoms with Crippen LogP contribution >= 0.6 is 0 Å². The number of aliphatic imine (C=N–C) groups is 1. The summed E-state index contributed by atoms with van der Waals surface area (Å²) in [5.41, 5.74) is 0.701. The van der Waals surface area contributed by atoms with Crippen molar-refractivity contribution in [1.82, 2.24) is 10.2 Å². The molecule has 0 aliphatic heterocycles. The smallest absolute Gasteiger partial charge is 0.387 e. The Morgan fingerprint density at radius 2 is 1.89 bits per heavy atom. The Hall–Kier alpha value is -1.90. The predicted molar refractivity (Wildman–Crippen MR) is 104 cm³/mol. The molecule has 0 unspecified atom stereocenters. The number of guanidine groups is 1. The number of sulfone groups is 1. The highest BCUT2D eigenvalue weighted by Crippen LogP contribution is 2.20. The van der Waals surface area contributed by atoms with E-state index in [0.29, 0.717) is 25.5 Å². The molecule has 0 amide bonds. The molecule has 0 aromatic heterocycles. The Balaban J connectivity index is 2.60. The molecule has 1 aromatic carbocycles. The third kappa shape index (κ3) is 9.55. The number of rotatable bonds is 9. The van der Waals surface area contributed by atoms with Gasteiger partial charge in [-0.1, -0.05) is 26.0 Å². The molecule has 0 heterocycles. The highest BCUT2D eigenvalue weighted by molar-refractivity contribution is 7.90. The van der Waals surface area contributed by atoms with Crippen LogP contribution in [0.1, 0.15) is 25.8 Å². The summed E-state index contributed by atoms with van der Waals surface area (Å²) in [6.07, 6.45) is 1.78. The van der Waals surface area contributed by atoms with Crippen molar-refractivity contribution in [1.29, 1.82) is 0 Å². The van der Waals surface area contributed by atoms with Gasteiger partial charge in [-0.2, -0.15) is 8.78 Å². The third-order valence-electron chi connectivity index (χ3n) is 4.02. The quantitative estimate of drug-likeness (QED) is 0.505. The van der Waals surface area contributed by atoms with Gasteiger partial charge in [-0.25, -0.2) is 8.42 Å². The van der Waals surface area contributed by atoms with Crippen LogP contribution in [0.4, 0.5) is 8.78 Å². The predicted octanol–water partition coefficient (Wildman–Crippen LogP) is 2.76. The van der Waals surface area contributed by atoms with Gasteiger partial charge in [-0.15, -0.1) is 0 Å². The first kappa shape index (κ1) is 23.1. The van der Waals surface area contributed by atoms with Crippen LogP contribution in [0.2, 0.25) is 0 Å². The van der Waals surface area contributed by atoms with Crippen molar-refractivity contribution in [3.05, 3.63) is 29.8 Å². The van der Waals surface area contributed by atoms with Crippen LogP contribution in [0, 0.1) is 5.41 Å². The second kappa shape index (κ2) is 9.87. The summed E-state index contributed by atoms with van der Waals surface area (Å²) < 4.78 is 51.5. The average molecular weight is 406 g/mol. The number of halogens is 2. The molecule has 154 valence electrons. The van der Waals surface area contributed by atoms with Gasteiger partial charge in [0.25, 0.3) is 0 Å². The lowest BCUT2D eigenvalue weighted by Gasteiger charge is -2.28. The van der Waals surface area contributed by atoms with Gasteiger partial charge in [-0.3, -0.25) is 4.99 Å². The van der Waals surface area contributed by atoms with Crippen LogP contribution in [-0.4, -0.2) is 58.5 Å². The average Bonchev–Trinajstić information content (AvgIpc) is 2.54. The number of ether oxygens (including phenoxy) is 1. The molecule has 1 N–H and O–H groups in total. The zero-order chi connectivity index (χ0) is 20.7. The zero-order valence-electron chi connectivity index (χ0n) is 16.5. The molecule has 0 aliphatic rings. The highest BCUT2D eigenvalue weighted by Gasteiger charge is 2.21. The molecule has 0 radical (unpaired) electrons. The van der Waals surface area contributed by atoms with E-state index in [1.165, 1.54) is 18.4 Å². The zero-order valence-corrected chi connectivity index (χ0v) is 17.3. The minimum absolute atomic E-state index is 0.117. The number of hydrogen-bond donors (Lipinski definition) is 1. The fourth-order valence-corrected chi connectivity index (χ4v) is 3.30. The monoisotopic (exact) mass is 405 g/mol. The van der Waals surface area contributed by atoms with E-state index in [2.05, 4.69) is 15.0 Å². The van der Waals surface area contributed by atoms with Gasteiger partial charge in [0.1, 0.15) is 15.6 Å². The molecule has 9 heteroatoms. The van der Waals surface area contributed by atoms with Crippen molar-refractivity contribution in [3.63, 3.8) is 0 Å². The van der Waals surface area contributed by atoms with E-state index >= 15 is 0 Å². The summed E-state index contributed by atoms with van der Waals surface area (Å²) in [4.78, 5) is 6.14. The second-order valence-corrected chi connectivity index (χ2v) is 9.58. The standard InChI is InChI=1S/C18H29F2N3O3S/c1-18(2,10-11-27(5,24)25)13-22-17(21-3)23(4)12-14-6-8-15(9-7-14)26-16(19)20/h6-9,16H,10-13H2,1-5H3,(H,21,22). The maximum absolute atomic E-state index is 12.2. The Bertz CT molecular complexity index is 720. The van der Waals surface area contributed by atoms with Crippen molar-refractivity contribution in [2.45, 2.75) is 33.4 Å². The molecule has 27 heavy (non-hydrogen) atoms. The number of benzene rings is 1. The second-order valence-electron chi connectivity index (χ2n) is 7.32. The molecule has 0 aliphatic carbocycles. The fraction of sp³-hybridized carbons (Fsp3) is 0.611. The summed E-state index contributed by atoms with van der Waals surface area (Å²) in [7, 11) is 0.537. The van der Waals surface area contributed by atoms with E-state index in [0.717, 1.165) is 5.56 Å². The number of alkyl halides is 2. The Morgan fingerprint density at radius 3 is 2.37 bits per heavy atom. The van der Waals surface area contributed by atoms with Crippen LogP contribution in [0.25, 0.3) is 0 Å². The topological polar surface area (TPSA) is 71.0 Å². The lowest BCUT2D eigenvalue weighted by atomic mass is 9.90. The number of hydrogen-bond acceptors (Lipinski definition) is 4. The van der Waals surface area contributed by atoms with E-state index in [1.54, 1.807) is 19.2 Å². The summed E-state index contributed by atoms with van der Waals surface area (Å²) in [5.74, 6) is 0.922. The molecular weight excluding hydrogens is 376 g/mol. The summed E-state index contributed by atoms with van der Waals surface area (Å²) >= 11 is 0. The molecule has 0 saturated heterocycles. The van der Waals surface area contributed by atoms with Gasteiger partial charge in [0.15, 0.2) is 5.96 Å². The third-order valence-corrected chi connectivity index (χ3v) is 4.96. The van der Waals surface area contributed by atoms with Crippen molar-refractivity contribution in [3.8, 4) is 5.75 Å². The fourth-order valence-electron chi connectivity index (χ4n) is 2.38. The molecule has 0 fully saturated rings. The van der Waals surface area contributed by atoms with Crippen LogP contribution in [0.3, 0.4) is 0 Å². The Labute approximate surface area is 160 Å². The van der Waals surface area contributed by atoms with Crippen LogP contribution in [-0.2, 0) is 16.4 Å². The molecular formula is C18H29F2N3O3S. The van der Waals surface area contributed by atoms with Crippen LogP contribution in [0.15, 0.2) is 29.3 Å². The summed E-state index contributed by atoms with van der Waals surface area (Å²) in [6, 6.07) is 6.44. The SMILES string of the molecule is CN=C(NCC(C)(C)CCS(C)(=O)=O)N(C)Cc1ccc(OC(F)F)cc1. The number of nitrogens with one attached hydrogen (secondary N) is 1. The first-order valence-corrected chi connectivity index (χ1v) is 10.6. The highest BCUT2D eigenvalue weighted by atomic mass is 32.2. The molecule has 0 bridgehead atoms. The van der Waals surface area contributed by atoms with Gasteiger partial charge in [0.05, 0.1) is 5.75 Å². The maximum atomic E-state index is 12.2. The summed E-state index contributed by atoms with van der Waals surface area (Å²) in [6.45, 7) is 2.26. The van der Waals surface area contributed by atoms with Crippen LogP contribution in [0.5, 0.6) is 5.75 Å². The van der Waals surface area contributed by atoms with Crippen molar-refractivity contribution in [2.24, 2.45) is 10.4 Å². The van der Waals surface area contributed by atoms with Gasteiger partial charge in [0, 0.05) is 33.4 Å². The summed E-state index contributed by atoms with van der Waals surface area (Å²) in [5, 5.41) is 3.26. The van der Waals surface area contributed by atoms with Crippen LogP contribution < -0.4 is 10.1 Å². The van der Waals surface area contributed by atoms with Crippen molar-refractivity contribution < 1.29 is 21.9 Å². The molecule has 1 aromatic rings. The van der Waals surface area contributed by atoms with Crippen molar-refractivity contribution in [2.75, 3.05) is 32.6 Å². The van der Waals surface area contributed by atoms with E-state index < -0.39 is 16.4 Å². The first-order valence-electron chi connectivity index (χ1n) is 8.55. The van der Waals surface area contributed by atoms with E-state index in [1.807, 2.05) is 25.8 Å². The van der Waals surface area contributed by atoms with Crippen molar-refractivity contribution >= 4 is 15.8 Å². The molecule has 1 rings (SSSR count). The maximum Gasteiger partial charge on any atom is 0.387 e. The van der Waals surface area contributed by atoms with E-state index in [4.69, 9.17) is 0 Å². The van der Waals surface area contributed by atoms with Gasteiger partial charge in [0.2, 0.25) is 0 Å². The Morgan fingerprint density at radius 1 is 1.30 bits per heavy atom. The first-order chi connectivity index (χ1) is 12.4. The lowest BCUT2D eigenvalue weighted by Crippen LogP contribution is -2.43. The van der Waals surface area contributed by atoms with Gasteiger partial charge >= 0.3 is 6.61 Å². The Kier molecular flexibility index (Phi) is 8.46.